The van der Waals surface area contributed by atoms with E-state index in [0.717, 1.165) is 6.07 Å². The maximum Gasteiger partial charge on any atom is 0.335 e. The van der Waals surface area contributed by atoms with Gasteiger partial charge in [0.25, 0.3) is 0 Å². The van der Waals surface area contributed by atoms with Crippen LogP contribution in [0.25, 0.3) is 0 Å². The van der Waals surface area contributed by atoms with Crippen LogP contribution in [0, 0.1) is 0 Å². The van der Waals surface area contributed by atoms with Crippen molar-refractivity contribution >= 4 is 11.9 Å². The first kappa shape index (κ1) is 11.2. The van der Waals surface area contributed by atoms with Gasteiger partial charge in [-0.05, 0) is 18.2 Å². The lowest BCUT2D eigenvalue weighted by Gasteiger charge is -1.95. The molecule has 0 aliphatic rings. The maximum absolute atomic E-state index is 10.4. The van der Waals surface area contributed by atoms with Gasteiger partial charge in [0.05, 0.1) is 11.1 Å². The van der Waals surface area contributed by atoms with Crippen molar-refractivity contribution in [3.63, 3.8) is 0 Å². The molecular formula is C9H10O4. The van der Waals surface area contributed by atoms with E-state index in [-0.39, 0.29) is 18.6 Å². The molecule has 70 valence electrons. The Bertz CT molecular complexity index is 301. The third-order valence-corrected chi connectivity index (χ3v) is 1.36. The van der Waals surface area contributed by atoms with E-state index in [2.05, 4.69) is 0 Å². The minimum absolute atomic E-state index is 0. The summed E-state index contributed by atoms with van der Waals surface area (Å²) in [4.78, 5) is 20.8. The summed E-state index contributed by atoms with van der Waals surface area (Å²) in [5.41, 5.74) is -0.0372. The number of hydrogen-bond donors (Lipinski definition) is 2. The second kappa shape index (κ2) is 4.25. The van der Waals surface area contributed by atoms with Crippen molar-refractivity contribution < 1.29 is 19.8 Å². The lowest BCUT2D eigenvalue weighted by molar-refractivity contribution is 0.0696. The highest BCUT2D eigenvalue weighted by Crippen LogP contribution is 2.04. The van der Waals surface area contributed by atoms with Crippen LogP contribution in [0.4, 0.5) is 0 Å². The van der Waals surface area contributed by atoms with Crippen LogP contribution in [0.3, 0.4) is 0 Å². The summed E-state index contributed by atoms with van der Waals surface area (Å²) in [6, 6.07) is 5.20. The first-order chi connectivity index (χ1) is 5.61. The van der Waals surface area contributed by atoms with Crippen molar-refractivity contribution in [2.24, 2.45) is 0 Å². The lowest BCUT2D eigenvalue weighted by atomic mass is 10.1. The third-order valence-electron chi connectivity index (χ3n) is 1.36. The molecule has 0 heterocycles. The average Bonchev–Trinajstić information content (AvgIpc) is 2.04. The Hall–Kier alpha value is -1.84. The summed E-state index contributed by atoms with van der Waals surface area (Å²) >= 11 is 0. The largest absolute Gasteiger partial charge is 0.478 e. The van der Waals surface area contributed by atoms with Crippen molar-refractivity contribution in [3.05, 3.63) is 35.4 Å². The monoisotopic (exact) mass is 182 g/mol. The zero-order valence-electron chi connectivity index (χ0n) is 6.02. The first-order valence-electron chi connectivity index (χ1n) is 3.18. The molecule has 13 heavy (non-hydrogen) atoms. The summed E-state index contributed by atoms with van der Waals surface area (Å²) in [6.07, 6.45) is 0. The Kier molecular flexibility index (Phi) is 3.65. The molecule has 4 heteroatoms. The number of carboxylic acids is 2. The van der Waals surface area contributed by atoms with Crippen LogP contribution >= 0.6 is 0 Å². The second-order valence-corrected chi connectivity index (χ2v) is 2.19. The molecule has 0 amide bonds. The van der Waals surface area contributed by atoms with Gasteiger partial charge >= 0.3 is 11.9 Å². The fourth-order valence-electron chi connectivity index (χ4n) is 0.785. The Morgan fingerprint density at radius 3 is 1.69 bits per heavy atom. The van der Waals surface area contributed by atoms with Crippen LogP contribution in [-0.2, 0) is 0 Å². The molecule has 0 saturated carbocycles. The number of hydrogen-bond acceptors (Lipinski definition) is 2. The van der Waals surface area contributed by atoms with Gasteiger partial charge in [0.2, 0.25) is 0 Å². The quantitative estimate of drug-likeness (QED) is 0.730. The molecule has 1 aromatic rings. The van der Waals surface area contributed by atoms with Crippen molar-refractivity contribution in [1.82, 2.24) is 0 Å². The van der Waals surface area contributed by atoms with Gasteiger partial charge in [0.15, 0.2) is 0 Å². The number of benzene rings is 1. The summed E-state index contributed by atoms with van der Waals surface area (Å²) in [5, 5.41) is 17.0. The Morgan fingerprint density at radius 1 is 1.00 bits per heavy atom. The van der Waals surface area contributed by atoms with Crippen LogP contribution in [0.5, 0.6) is 0 Å². The smallest absolute Gasteiger partial charge is 0.335 e. The van der Waals surface area contributed by atoms with Gasteiger partial charge in [0, 0.05) is 0 Å². The molecule has 0 atom stereocenters. The topological polar surface area (TPSA) is 74.6 Å². The molecule has 1 rings (SSSR count). The van der Waals surface area contributed by atoms with Crippen LogP contribution in [0.15, 0.2) is 24.3 Å². The molecule has 0 saturated heterocycles. The SMILES string of the molecule is C.O=C(O)c1cccc(C(=O)O)c1. The van der Waals surface area contributed by atoms with E-state index in [4.69, 9.17) is 10.2 Å². The van der Waals surface area contributed by atoms with Crippen molar-refractivity contribution in [3.8, 4) is 0 Å². The molecule has 0 aliphatic heterocycles. The van der Waals surface area contributed by atoms with Crippen LogP contribution < -0.4 is 0 Å². The minimum atomic E-state index is -1.13. The highest BCUT2D eigenvalue weighted by Gasteiger charge is 2.06. The van der Waals surface area contributed by atoms with E-state index < -0.39 is 11.9 Å². The zero-order valence-corrected chi connectivity index (χ0v) is 6.02. The Morgan fingerprint density at radius 2 is 1.38 bits per heavy atom. The molecule has 0 aromatic heterocycles. The van der Waals surface area contributed by atoms with E-state index in [9.17, 15) is 9.59 Å². The predicted octanol–water partition coefficient (Wildman–Crippen LogP) is 1.72. The molecule has 0 spiro atoms. The average molecular weight is 182 g/mol. The van der Waals surface area contributed by atoms with Crippen LogP contribution in [0.2, 0.25) is 0 Å². The van der Waals surface area contributed by atoms with Gasteiger partial charge in [-0.2, -0.15) is 0 Å². The fraction of sp³-hybridized carbons (Fsp3) is 0.111. The van der Waals surface area contributed by atoms with Gasteiger partial charge in [-0.25, -0.2) is 9.59 Å². The molecular weight excluding hydrogens is 172 g/mol. The zero-order chi connectivity index (χ0) is 9.14. The first-order valence-corrected chi connectivity index (χ1v) is 3.18. The number of carbonyl (C=O) groups is 2. The molecule has 0 radical (unpaired) electrons. The summed E-state index contributed by atoms with van der Waals surface area (Å²) in [6.45, 7) is 0. The third kappa shape index (κ3) is 2.59. The summed E-state index contributed by atoms with van der Waals surface area (Å²) in [7, 11) is 0. The molecule has 0 aliphatic carbocycles. The molecule has 0 unspecified atom stereocenters. The number of rotatable bonds is 2. The van der Waals surface area contributed by atoms with Crippen LogP contribution in [0.1, 0.15) is 28.1 Å². The second-order valence-electron chi connectivity index (χ2n) is 2.19. The molecule has 1 aromatic carbocycles. The number of aromatic carboxylic acids is 2. The predicted molar refractivity (Wildman–Crippen MR) is 47.1 cm³/mol. The van der Waals surface area contributed by atoms with Crippen molar-refractivity contribution in [1.29, 1.82) is 0 Å². The molecule has 0 fully saturated rings. The van der Waals surface area contributed by atoms with E-state index >= 15 is 0 Å². The summed E-state index contributed by atoms with van der Waals surface area (Å²) < 4.78 is 0. The van der Waals surface area contributed by atoms with E-state index in [1.165, 1.54) is 18.2 Å². The highest BCUT2D eigenvalue weighted by atomic mass is 16.4. The lowest BCUT2D eigenvalue weighted by Crippen LogP contribution is -2.01. The Balaban J connectivity index is 0.00000144. The van der Waals surface area contributed by atoms with E-state index in [0.29, 0.717) is 0 Å². The van der Waals surface area contributed by atoms with Crippen molar-refractivity contribution in [2.75, 3.05) is 0 Å². The van der Waals surface area contributed by atoms with E-state index in [1.807, 2.05) is 0 Å². The van der Waals surface area contributed by atoms with E-state index in [1.54, 1.807) is 0 Å². The summed E-state index contributed by atoms with van der Waals surface area (Å²) in [5.74, 6) is -2.25. The highest BCUT2D eigenvalue weighted by molar-refractivity contribution is 5.93. The molecule has 0 bridgehead atoms. The van der Waals surface area contributed by atoms with Crippen LogP contribution in [-0.4, -0.2) is 22.2 Å². The normalized spacial score (nSPS) is 8.62. The van der Waals surface area contributed by atoms with Gasteiger partial charge < -0.3 is 10.2 Å². The standard InChI is InChI=1S/C8H6O4.CH4/c9-7(10)5-2-1-3-6(4-5)8(11)12;/h1-4H,(H,9,10)(H,11,12);1H4. The number of carboxylic acid groups (broad SMARTS) is 2. The maximum atomic E-state index is 10.4. The van der Waals surface area contributed by atoms with Crippen molar-refractivity contribution in [2.45, 2.75) is 7.43 Å². The van der Waals surface area contributed by atoms with Gasteiger partial charge in [0.1, 0.15) is 0 Å². The van der Waals surface area contributed by atoms with Gasteiger partial charge in [-0.15, -0.1) is 0 Å². The van der Waals surface area contributed by atoms with Gasteiger partial charge in [-0.3, -0.25) is 0 Å². The Labute approximate surface area is 75.4 Å². The molecule has 2 N–H and O–H groups in total. The van der Waals surface area contributed by atoms with Gasteiger partial charge in [-0.1, -0.05) is 13.5 Å². The molecule has 4 nitrogen and oxygen atoms in total. The minimum Gasteiger partial charge on any atom is -0.478 e. The fourth-order valence-corrected chi connectivity index (χ4v) is 0.785.